The van der Waals surface area contributed by atoms with Gasteiger partial charge >= 0.3 is 0 Å². The molecule has 1 aliphatic rings. The van der Waals surface area contributed by atoms with Crippen LogP contribution < -0.4 is 0 Å². The van der Waals surface area contributed by atoms with Crippen LogP contribution in [0.4, 0.5) is 0 Å². The topological polar surface area (TPSA) is 26.0 Å². The first-order valence-corrected chi connectivity index (χ1v) is 11.4. The molecule has 30 heavy (non-hydrogen) atoms. The molecule has 6 heteroatoms. The van der Waals surface area contributed by atoms with Crippen LogP contribution in [0.1, 0.15) is 25.7 Å². The monoisotopic (exact) mass is 440 g/mol. The first-order valence-electron chi connectivity index (χ1n) is 10.7. The number of halogens is 2. The van der Waals surface area contributed by atoms with Gasteiger partial charge in [-0.2, -0.15) is 0 Å². The Balaban J connectivity index is 1.37. The molecule has 4 nitrogen and oxygen atoms in total. The second-order valence-corrected chi connectivity index (χ2v) is 9.24. The molecule has 0 spiro atoms. The van der Waals surface area contributed by atoms with Gasteiger partial charge in [-0.1, -0.05) is 23.7 Å². The SMILES string of the molecule is CN1CCC(CCCn2ccc3cc(-c4nc5ccccc5n4Cl)c(Cl)cc32)CC1. The fourth-order valence-corrected chi connectivity index (χ4v) is 5.16. The third-order valence-corrected chi connectivity index (χ3v) is 7.11. The molecule has 156 valence electrons. The van der Waals surface area contributed by atoms with Gasteiger partial charge in [-0.3, -0.25) is 0 Å². The standard InChI is InChI=1S/C24H26Cl2N4/c1-28-12-8-17(9-13-28)5-4-11-29-14-10-18-15-19(20(25)16-23(18)29)24-27-21-6-2-3-7-22(21)30(24)26/h2-3,6-7,10,14-17H,4-5,8-9,11-13H2,1H3. The third kappa shape index (κ3) is 3.73. The Bertz CT molecular complexity index is 1180. The highest BCUT2D eigenvalue weighted by Crippen LogP contribution is 2.35. The number of hydrogen-bond acceptors (Lipinski definition) is 2. The zero-order chi connectivity index (χ0) is 20.7. The maximum Gasteiger partial charge on any atom is 0.157 e. The van der Waals surface area contributed by atoms with E-state index in [1.165, 1.54) is 44.3 Å². The summed E-state index contributed by atoms with van der Waals surface area (Å²) in [6.45, 7) is 3.50. The second-order valence-electron chi connectivity index (χ2n) is 8.49. The van der Waals surface area contributed by atoms with Crippen LogP contribution in [0.5, 0.6) is 0 Å². The molecule has 1 fully saturated rings. The van der Waals surface area contributed by atoms with Crippen LogP contribution in [-0.4, -0.2) is 38.7 Å². The molecule has 2 aromatic heterocycles. The molecule has 0 N–H and O–H groups in total. The number of para-hydroxylation sites is 2. The summed E-state index contributed by atoms with van der Waals surface area (Å²) in [5, 5.41) is 1.84. The second kappa shape index (κ2) is 8.26. The predicted molar refractivity (Wildman–Crippen MR) is 126 cm³/mol. The average Bonchev–Trinajstić information content (AvgIpc) is 3.30. The zero-order valence-corrected chi connectivity index (χ0v) is 18.7. The molecule has 0 bridgehead atoms. The molecule has 1 saturated heterocycles. The van der Waals surface area contributed by atoms with E-state index < -0.39 is 0 Å². The summed E-state index contributed by atoms with van der Waals surface area (Å²) < 4.78 is 3.92. The van der Waals surface area contributed by atoms with Crippen molar-refractivity contribution < 1.29 is 0 Å². The summed E-state index contributed by atoms with van der Waals surface area (Å²) in [6.07, 6.45) is 7.34. The quantitative estimate of drug-likeness (QED) is 0.357. The van der Waals surface area contributed by atoms with E-state index in [0.29, 0.717) is 10.8 Å². The Morgan fingerprint density at radius 2 is 1.87 bits per heavy atom. The molecule has 2 aromatic carbocycles. The fraction of sp³-hybridized carbons (Fsp3) is 0.375. The normalized spacial score (nSPS) is 16.1. The smallest absolute Gasteiger partial charge is 0.157 e. The van der Waals surface area contributed by atoms with E-state index in [0.717, 1.165) is 34.4 Å². The molecule has 5 rings (SSSR count). The highest BCUT2D eigenvalue weighted by molar-refractivity contribution is 6.34. The Kier molecular flexibility index (Phi) is 5.48. The molecule has 4 aromatic rings. The van der Waals surface area contributed by atoms with Crippen molar-refractivity contribution in [1.82, 2.24) is 18.5 Å². The minimum absolute atomic E-state index is 0.676. The largest absolute Gasteiger partial charge is 0.347 e. The minimum Gasteiger partial charge on any atom is -0.347 e. The fourth-order valence-electron chi connectivity index (χ4n) is 4.64. The van der Waals surface area contributed by atoms with E-state index >= 15 is 0 Å². The lowest BCUT2D eigenvalue weighted by atomic mass is 9.92. The van der Waals surface area contributed by atoms with Crippen molar-refractivity contribution in [3.05, 3.63) is 53.7 Å². The maximum absolute atomic E-state index is 6.71. The first kappa shape index (κ1) is 19.9. The van der Waals surface area contributed by atoms with Crippen LogP contribution in [0.2, 0.25) is 5.02 Å². The number of hydrogen-bond donors (Lipinski definition) is 0. The van der Waals surface area contributed by atoms with Gasteiger partial charge in [-0.25, -0.2) is 9.07 Å². The molecular formula is C24H26Cl2N4. The first-order chi connectivity index (χ1) is 14.6. The van der Waals surface area contributed by atoms with Crippen molar-refractivity contribution in [1.29, 1.82) is 0 Å². The van der Waals surface area contributed by atoms with Gasteiger partial charge in [0.2, 0.25) is 0 Å². The van der Waals surface area contributed by atoms with Crippen molar-refractivity contribution in [2.45, 2.75) is 32.2 Å². The molecule has 3 heterocycles. The Labute approximate surface area is 187 Å². The zero-order valence-electron chi connectivity index (χ0n) is 17.2. The van der Waals surface area contributed by atoms with E-state index in [1.54, 1.807) is 4.09 Å². The van der Waals surface area contributed by atoms with Gasteiger partial charge in [0.25, 0.3) is 0 Å². The number of aryl methyl sites for hydroxylation is 1. The van der Waals surface area contributed by atoms with E-state index in [1.807, 2.05) is 24.3 Å². The predicted octanol–water partition coefficient (Wildman–Crippen LogP) is 6.44. The van der Waals surface area contributed by atoms with Crippen molar-refractivity contribution in [2.24, 2.45) is 5.92 Å². The Hall–Kier alpha value is -2.01. The summed E-state index contributed by atoms with van der Waals surface area (Å²) in [6, 6.07) is 14.2. The summed E-state index contributed by atoms with van der Waals surface area (Å²) in [4.78, 5) is 7.14. The van der Waals surface area contributed by atoms with Crippen molar-refractivity contribution in [2.75, 3.05) is 20.1 Å². The summed E-state index contributed by atoms with van der Waals surface area (Å²) >= 11 is 13.3. The van der Waals surface area contributed by atoms with Crippen LogP contribution in [-0.2, 0) is 6.54 Å². The lowest BCUT2D eigenvalue weighted by molar-refractivity contribution is 0.209. The van der Waals surface area contributed by atoms with Gasteiger partial charge in [-0.15, -0.1) is 0 Å². The van der Waals surface area contributed by atoms with Crippen LogP contribution in [0, 0.1) is 5.92 Å². The van der Waals surface area contributed by atoms with E-state index in [2.05, 4.69) is 40.9 Å². The lowest BCUT2D eigenvalue weighted by Crippen LogP contribution is -2.30. The number of piperidine rings is 1. The number of nitrogens with zero attached hydrogens (tertiary/aromatic N) is 4. The summed E-state index contributed by atoms with van der Waals surface area (Å²) in [5.41, 5.74) is 3.78. The van der Waals surface area contributed by atoms with Gasteiger partial charge in [0.1, 0.15) is 0 Å². The molecule has 0 amide bonds. The summed E-state index contributed by atoms with van der Waals surface area (Å²) in [7, 11) is 2.22. The van der Waals surface area contributed by atoms with Gasteiger partial charge in [-0.05, 0) is 82.1 Å². The van der Waals surface area contributed by atoms with Crippen LogP contribution in [0.25, 0.3) is 33.3 Å². The number of fused-ring (bicyclic) bond motifs is 2. The van der Waals surface area contributed by atoms with E-state index in [4.69, 9.17) is 28.4 Å². The van der Waals surface area contributed by atoms with Crippen molar-refractivity contribution in [3.8, 4) is 11.4 Å². The maximum atomic E-state index is 6.71. The van der Waals surface area contributed by atoms with Gasteiger partial charge in [0, 0.05) is 41.0 Å². The Morgan fingerprint density at radius 3 is 2.67 bits per heavy atom. The van der Waals surface area contributed by atoms with Gasteiger partial charge in [0.15, 0.2) is 5.82 Å². The molecule has 0 atom stereocenters. The van der Waals surface area contributed by atoms with E-state index in [-0.39, 0.29) is 0 Å². The molecular weight excluding hydrogens is 415 g/mol. The number of benzene rings is 2. The van der Waals surface area contributed by atoms with Gasteiger partial charge in [0.05, 0.1) is 16.1 Å². The van der Waals surface area contributed by atoms with Crippen LogP contribution in [0.3, 0.4) is 0 Å². The molecule has 1 aliphatic heterocycles. The lowest BCUT2D eigenvalue weighted by Gasteiger charge is -2.28. The average molecular weight is 441 g/mol. The number of aromatic nitrogens is 3. The van der Waals surface area contributed by atoms with Gasteiger partial charge < -0.3 is 9.47 Å². The minimum atomic E-state index is 0.676. The van der Waals surface area contributed by atoms with Crippen LogP contribution >= 0.6 is 23.4 Å². The summed E-state index contributed by atoms with van der Waals surface area (Å²) in [5.74, 6) is 1.55. The molecule has 0 unspecified atom stereocenters. The Morgan fingerprint density at radius 1 is 1.07 bits per heavy atom. The van der Waals surface area contributed by atoms with Crippen LogP contribution in [0.15, 0.2) is 48.7 Å². The number of rotatable bonds is 5. The molecule has 0 aliphatic carbocycles. The van der Waals surface area contributed by atoms with Crippen molar-refractivity contribution in [3.63, 3.8) is 0 Å². The molecule has 0 radical (unpaired) electrons. The highest BCUT2D eigenvalue weighted by atomic mass is 35.5. The number of imidazole rings is 1. The molecule has 0 saturated carbocycles. The highest BCUT2D eigenvalue weighted by Gasteiger charge is 2.18. The third-order valence-electron chi connectivity index (χ3n) is 6.46. The number of likely N-dealkylation sites (tertiary alicyclic amines) is 1. The van der Waals surface area contributed by atoms with E-state index in [9.17, 15) is 0 Å². The van der Waals surface area contributed by atoms with Crippen molar-refractivity contribution >= 4 is 45.3 Å².